The molecule has 1 saturated carbocycles. The number of nitrogens with zero attached hydrogens (tertiary/aromatic N) is 3. The number of nitrogens with one attached hydrogen (secondary N) is 1. The Hall–Kier alpha value is -2.02. The van der Waals surface area contributed by atoms with Gasteiger partial charge in [-0.15, -0.1) is 0 Å². The zero-order valence-electron chi connectivity index (χ0n) is 19.8. The lowest BCUT2D eigenvalue weighted by Crippen LogP contribution is -2.50. The van der Waals surface area contributed by atoms with Crippen LogP contribution in [0.1, 0.15) is 70.9 Å². The van der Waals surface area contributed by atoms with E-state index >= 15 is 0 Å². The summed E-state index contributed by atoms with van der Waals surface area (Å²) in [4.78, 5) is 29.8. The Labute approximate surface area is 188 Å². The fourth-order valence-electron chi connectivity index (χ4n) is 4.03. The largest absolute Gasteiger partial charge is 0.382 e. The second-order valence-corrected chi connectivity index (χ2v) is 8.54. The van der Waals surface area contributed by atoms with Gasteiger partial charge in [0, 0.05) is 51.3 Å². The van der Waals surface area contributed by atoms with Crippen LogP contribution in [0.15, 0.2) is 18.3 Å². The zero-order valence-corrected chi connectivity index (χ0v) is 19.8. The molecule has 31 heavy (non-hydrogen) atoms. The van der Waals surface area contributed by atoms with Crippen LogP contribution in [-0.2, 0) is 23.1 Å². The standard InChI is InChI=1S/C24H42N4O3/c1-4-6-16-27(19-22-14-10-15-26(22)3)23(29)20-28(17-11-18-31-5-2)24(30)25-21-12-8-7-9-13-21/h10,14-15,21H,4-9,11-13,16-20H2,1-3H3,(H,25,30). The lowest BCUT2D eigenvalue weighted by molar-refractivity contribution is -0.132. The Morgan fingerprint density at radius 3 is 2.52 bits per heavy atom. The van der Waals surface area contributed by atoms with Crippen LogP contribution in [-0.4, -0.2) is 65.2 Å². The summed E-state index contributed by atoms with van der Waals surface area (Å²) in [5.74, 6) is 0.00449. The molecule has 0 atom stereocenters. The average molecular weight is 435 g/mol. The van der Waals surface area contributed by atoms with Gasteiger partial charge < -0.3 is 24.4 Å². The van der Waals surface area contributed by atoms with Crippen LogP contribution >= 0.6 is 0 Å². The van der Waals surface area contributed by atoms with E-state index in [0.717, 1.165) is 50.6 Å². The van der Waals surface area contributed by atoms with Crippen molar-refractivity contribution in [3.05, 3.63) is 24.0 Å². The fraction of sp³-hybridized carbons (Fsp3) is 0.750. The maximum absolute atomic E-state index is 13.2. The Morgan fingerprint density at radius 1 is 1.13 bits per heavy atom. The monoisotopic (exact) mass is 434 g/mol. The van der Waals surface area contributed by atoms with Crippen molar-refractivity contribution in [3.63, 3.8) is 0 Å². The predicted octanol–water partition coefficient (Wildman–Crippen LogP) is 3.92. The normalized spacial score (nSPS) is 14.4. The molecular weight excluding hydrogens is 392 g/mol. The van der Waals surface area contributed by atoms with Crippen LogP contribution in [0.25, 0.3) is 0 Å². The van der Waals surface area contributed by atoms with Crippen LogP contribution in [0, 0.1) is 0 Å². The molecule has 0 unspecified atom stereocenters. The maximum Gasteiger partial charge on any atom is 0.318 e. The minimum Gasteiger partial charge on any atom is -0.382 e. The van der Waals surface area contributed by atoms with Gasteiger partial charge in [0.15, 0.2) is 0 Å². The van der Waals surface area contributed by atoms with Gasteiger partial charge in [-0.05, 0) is 44.7 Å². The van der Waals surface area contributed by atoms with Crippen LogP contribution in [0.5, 0.6) is 0 Å². The van der Waals surface area contributed by atoms with E-state index in [1.807, 2.05) is 41.8 Å². The van der Waals surface area contributed by atoms with Crippen LogP contribution in [0.3, 0.4) is 0 Å². The molecule has 0 bridgehead atoms. The van der Waals surface area contributed by atoms with E-state index < -0.39 is 0 Å². The molecule has 1 fully saturated rings. The summed E-state index contributed by atoms with van der Waals surface area (Å²) in [5, 5.41) is 3.17. The van der Waals surface area contributed by atoms with Crippen LogP contribution < -0.4 is 5.32 Å². The van der Waals surface area contributed by atoms with Crippen LogP contribution in [0.2, 0.25) is 0 Å². The highest BCUT2D eigenvalue weighted by Gasteiger charge is 2.24. The van der Waals surface area contributed by atoms with Crippen LogP contribution in [0.4, 0.5) is 4.79 Å². The molecule has 7 nitrogen and oxygen atoms in total. The van der Waals surface area contributed by atoms with Gasteiger partial charge in [-0.3, -0.25) is 4.79 Å². The van der Waals surface area contributed by atoms with Gasteiger partial charge >= 0.3 is 6.03 Å². The quantitative estimate of drug-likeness (QED) is 0.479. The Balaban J connectivity index is 2.01. The second-order valence-electron chi connectivity index (χ2n) is 8.54. The Morgan fingerprint density at radius 2 is 1.87 bits per heavy atom. The van der Waals surface area contributed by atoms with Gasteiger partial charge in [0.25, 0.3) is 0 Å². The first-order chi connectivity index (χ1) is 15.0. The van der Waals surface area contributed by atoms with Gasteiger partial charge in [-0.25, -0.2) is 4.79 Å². The molecule has 2 rings (SSSR count). The lowest BCUT2D eigenvalue weighted by Gasteiger charge is -2.30. The SMILES string of the molecule is CCCCN(Cc1cccn1C)C(=O)CN(CCCOCC)C(=O)NC1CCCCC1. The number of hydrogen-bond acceptors (Lipinski definition) is 3. The zero-order chi connectivity index (χ0) is 22.5. The molecule has 1 heterocycles. The number of rotatable bonds is 13. The summed E-state index contributed by atoms with van der Waals surface area (Å²) in [6.07, 6.45) is 10.3. The van der Waals surface area contributed by atoms with Crippen molar-refractivity contribution in [1.29, 1.82) is 0 Å². The molecule has 0 spiro atoms. The number of ether oxygens (including phenoxy) is 1. The molecule has 1 N–H and O–H groups in total. The second kappa shape index (κ2) is 14.1. The van der Waals surface area contributed by atoms with Gasteiger partial charge in [-0.2, -0.15) is 0 Å². The molecule has 1 aliphatic rings. The van der Waals surface area contributed by atoms with Crippen molar-refractivity contribution in [2.45, 2.75) is 77.8 Å². The first-order valence-corrected chi connectivity index (χ1v) is 12.1. The molecule has 0 saturated heterocycles. The number of unbranched alkanes of at least 4 members (excludes halogenated alkanes) is 1. The number of hydrogen-bond donors (Lipinski definition) is 1. The molecule has 1 aliphatic carbocycles. The molecule has 0 radical (unpaired) electrons. The number of urea groups is 1. The van der Waals surface area contributed by atoms with Crippen molar-refractivity contribution < 1.29 is 14.3 Å². The van der Waals surface area contributed by atoms with Crippen molar-refractivity contribution in [1.82, 2.24) is 19.7 Å². The summed E-state index contributed by atoms with van der Waals surface area (Å²) in [7, 11) is 2.00. The maximum atomic E-state index is 13.2. The van der Waals surface area contributed by atoms with Crippen molar-refractivity contribution in [2.75, 3.05) is 32.8 Å². The average Bonchev–Trinajstić information content (AvgIpc) is 3.18. The van der Waals surface area contributed by atoms with Gasteiger partial charge in [0.1, 0.15) is 6.54 Å². The van der Waals surface area contributed by atoms with E-state index in [4.69, 9.17) is 4.74 Å². The molecule has 0 aliphatic heterocycles. The number of aryl methyl sites for hydroxylation is 1. The lowest BCUT2D eigenvalue weighted by atomic mass is 9.96. The minimum absolute atomic E-state index is 0.00449. The van der Waals surface area contributed by atoms with E-state index in [1.54, 1.807) is 4.90 Å². The fourth-order valence-corrected chi connectivity index (χ4v) is 4.03. The molecular formula is C24H42N4O3. The highest BCUT2D eigenvalue weighted by atomic mass is 16.5. The Kier molecular flexibility index (Phi) is 11.5. The van der Waals surface area contributed by atoms with Gasteiger partial charge in [-0.1, -0.05) is 32.6 Å². The number of amides is 3. The van der Waals surface area contributed by atoms with Crippen molar-refractivity contribution in [2.24, 2.45) is 7.05 Å². The van der Waals surface area contributed by atoms with Crippen molar-refractivity contribution >= 4 is 11.9 Å². The highest BCUT2D eigenvalue weighted by molar-refractivity contribution is 5.84. The van der Waals surface area contributed by atoms with E-state index in [1.165, 1.54) is 6.42 Å². The third-order valence-corrected chi connectivity index (χ3v) is 6.01. The third kappa shape index (κ3) is 8.93. The number of carbonyl (C=O) groups excluding carboxylic acids is 2. The summed E-state index contributed by atoms with van der Waals surface area (Å²) in [6.45, 7) is 7.26. The first-order valence-electron chi connectivity index (χ1n) is 12.1. The smallest absolute Gasteiger partial charge is 0.318 e. The van der Waals surface area contributed by atoms with E-state index in [0.29, 0.717) is 32.8 Å². The summed E-state index contributed by atoms with van der Waals surface area (Å²) in [5.41, 5.74) is 1.10. The van der Waals surface area contributed by atoms with E-state index in [-0.39, 0.29) is 24.5 Å². The topological polar surface area (TPSA) is 66.8 Å². The summed E-state index contributed by atoms with van der Waals surface area (Å²) in [6, 6.07) is 4.15. The molecule has 1 aromatic heterocycles. The molecule has 0 aromatic carbocycles. The van der Waals surface area contributed by atoms with Gasteiger partial charge in [0.05, 0.1) is 6.54 Å². The third-order valence-electron chi connectivity index (χ3n) is 6.01. The summed E-state index contributed by atoms with van der Waals surface area (Å²) >= 11 is 0. The predicted molar refractivity (Wildman–Crippen MR) is 124 cm³/mol. The molecule has 176 valence electrons. The van der Waals surface area contributed by atoms with E-state index in [2.05, 4.69) is 12.2 Å². The number of aromatic nitrogens is 1. The Bertz CT molecular complexity index is 655. The first kappa shape index (κ1) is 25.2. The molecule has 3 amide bonds. The molecule has 7 heteroatoms. The summed E-state index contributed by atoms with van der Waals surface area (Å²) < 4.78 is 7.49. The van der Waals surface area contributed by atoms with Gasteiger partial charge in [0.2, 0.25) is 5.91 Å². The van der Waals surface area contributed by atoms with E-state index in [9.17, 15) is 9.59 Å². The molecule has 1 aromatic rings. The minimum atomic E-state index is -0.119. The van der Waals surface area contributed by atoms with Crippen molar-refractivity contribution in [3.8, 4) is 0 Å². The number of carbonyl (C=O) groups is 2. The highest BCUT2D eigenvalue weighted by Crippen LogP contribution is 2.17.